The van der Waals surface area contributed by atoms with Gasteiger partial charge in [0.05, 0.1) is 6.54 Å². The van der Waals surface area contributed by atoms with Gasteiger partial charge in [0, 0.05) is 45.9 Å². The largest absolute Gasteiger partial charge is 1.00 e. The highest BCUT2D eigenvalue weighted by molar-refractivity contribution is 5.93. The van der Waals surface area contributed by atoms with Crippen LogP contribution in [0.1, 0.15) is 22.5 Å². The van der Waals surface area contributed by atoms with Crippen LogP contribution in [0.4, 0.5) is 4.39 Å². The highest BCUT2D eigenvalue weighted by atomic mass is 127. The van der Waals surface area contributed by atoms with Crippen molar-refractivity contribution >= 4 is 23.1 Å². The number of aromatic nitrogens is 2. The zero-order valence-electron chi connectivity index (χ0n) is 15.9. The minimum absolute atomic E-state index is 0. The summed E-state index contributed by atoms with van der Waals surface area (Å²) in [5.41, 5.74) is 5.25. The summed E-state index contributed by atoms with van der Waals surface area (Å²) < 4.78 is 18.5. The number of nitrogens with zero attached hydrogens (tertiary/aromatic N) is 2. The summed E-state index contributed by atoms with van der Waals surface area (Å²) >= 11 is 0. The number of aryl methyl sites for hydroxylation is 1. The van der Waals surface area contributed by atoms with Crippen LogP contribution in [0.2, 0.25) is 0 Å². The van der Waals surface area contributed by atoms with Gasteiger partial charge in [0.2, 0.25) is 5.69 Å². The van der Waals surface area contributed by atoms with Crippen molar-refractivity contribution in [1.82, 2.24) is 4.57 Å². The highest BCUT2D eigenvalue weighted by Gasteiger charge is 2.14. The summed E-state index contributed by atoms with van der Waals surface area (Å²) in [4.78, 5) is 0. The third-order valence-electron chi connectivity index (χ3n) is 5.08. The number of halogens is 2. The van der Waals surface area contributed by atoms with Gasteiger partial charge in [0.15, 0.2) is 6.20 Å². The van der Waals surface area contributed by atoms with Crippen molar-refractivity contribution in [3.05, 3.63) is 101 Å². The Morgan fingerprint density at radius 2 is 1.64 bits per heavy atom. The average Bonchev–Trinajstić information content (AvgIpc) is 2.94. The van der Waals surface area contributed by atoms with Crippen molar-refractivity contribution in [2.24, 2.45) is 7.05 Å². The lowest BCUT2D eigenvalue weighted by Gasteiger charge is -2.09. The van der Waals surface area contributed by atoms with Gasteiger partial charge in [0.1, 0.15) is 12.9 Å². The lowest BCUT2D eigenvalue weighted by atomic mass is 10.1. The first-order valence-electron chi connectivity index (χ1n) is 9.09. The number of para-hydroxylation sites is 1. The first kappa shape index (κ1) is 20.3. The molecule has 142 valence electrons. The first-order valence-corrected chi connectivity index (χ1v) is 9.09. The van der Waals surface area contributed by atoms with Crippen LogP contribution >= 0.6 is 0 Å². The highest BCUT2D eigenvalue weighted by Crippen LogP contribution is 2.28. The quantitative estimate of drug-likeness (QED) is 0.310. The molecule has 0 aliphatic rings. The van der Waals surface area contributed by atoms with Gasteiger partial charge in [-0.15, -0.1) is 0 Å². The molecular formula is C24H22FIN2. The Kier molecular flexibility index (Phi) is 6.29. The number of fused-ring (bicyclic) bond motifs is 1. The molecule has 0 aliphatic carbocycles. The van der Waals surface area contributed by atoms with Crippen molar-refractivity contribution in [2.45, 2.75) is 13.5 Å². The zero-order valence-corrected chi connectivity index (χ0v) is 18.1. The average molecular weight is 484 g/mol. The molecule has 0 spiro atoms. The van der Waals surface area contributed by atoms with Crippen molar-refractivity contribution in [3.63, 3.8) is 0 Å². The van der Waals surface area contributed by atoms with Crippen LogP contribution in [0, 0.1) is 12.7 Å². The maximum Gasteiger partial charge on any atom is 0.204 e. The minimum Gasteiger partial charge on any atom is -1.00 e. The summed E-state index contributed by atoms with van der Waals surface area (Å²) in [6, 6.07) is 21.4. The fourth-order valence-electron chi connectivity index (χ4n) is 3.55. The molecule has 0 saturated heterocycles. The number of pyridine rings is 1. The summed E-state index contributed by atoms with van der Waals surface area (Å²) in [5, 5.41) is 1.18. The Morgan fingerprint density at radius 3 is 2.43 bits per heavy atom. The molecule has 2 heterocycles. The van der Waals surface area contributed by atoms with E-state index in [9.17, 15) is 4.39 Å². The molecule has 0 bridgehead atoms. The van der Waals surface area contributed by atoms with E-state index >= 15 is 0 Å². The van der Waals surface area contributed by atoms with E-state index in [0.717, 1.165) is 16.9 Å². The molecule has 0 saturated carbocycles. The SMILES string of the molecule is Cc1c(/C=C/c2cccc[n+]2C)c2ccccc2n1Cc1ccccc1F.[I-]. The van der Waals surface area contributed by atoms with E-state index < -0.39 is 0 Å². The molecule has 2 aromatic carbocycles. The standard InChI is InChI=1S/C24H22FN2.HI/c1-18-21(15-14-20-10-7-8-16-26(20)2)22-11-4-6-13-24(22)27(18)17-19-9-3-5-12-23(19)25;/h3-16H,17H2,1-2H3;1H/q+1;/p-1. The van der Waals surface area contributed by atoms with Gasteiger partial charge in [0.25, 0.3) is 0 Å². The Bertz CT molecular complexity index is 1140. The molecule has 4 heteroatoms. The van der Waals surface area contributed by atoms with Gasteiger partial charge in [-0.25, -0.2) is 8.96 Å². The van der Waals surface area contributed by atoms with Crippen molar-refractivity contribution in [1.29, 1.82) is 0 Å². The van der Waals surface area contributed by atoms with Crippen molar-refractivity contribution < 1.29 is 32.9 Å². The van der Waals surface area contributed by atoms with Crippen LogP contribution in [0.5, 0.6) is 0 Å². The van der Waals surface area contributed by atoms with Gasteiger partial charge >= 0.3 is 0 Å². The van der Waals surface area contributed by atoms with Crippen LogP contribution in [0.3, 0.4) is 0 Å². The van der Waals surface area contributed by atoms with Crippen LogP contribution in [0.15, 0.2) is 72.9 Å². The minimum atomic E-state index is -0.164. The van der Waals surface area contributed by atoms with E-state index in [1.807, 2.05) is 43.6 Å². The van der Waals surface area contributed by atoms with E-state index in [0.29, 0.717) is 12.1 Å². The molecule has 0 aliphatic heterocycles. The normalized spacial score (nSPS) is 11.1. The topological polar surface area (TPSA) is 8.81 Å². The van der Waals surface area contributed by atoms with Gasteiger partial charge < -0.3 is 28.5 Å². The second kappa shape index (κ2) is 8.69. The monoisotopic (exact) mass is 484 g/mol. The summed E-state index contributed by atoms with van der Waals surface area (Å²) in [5.74, 6) is -0.164. The predicted molar refractivity (Wildman–Crippen MR) is 109 cm³/mol. The number of rotatable bonds is 4. The summed E-state index contributed by atoms with van der Waals surface area (Å²) in [7, 11) is 2.04. The molecule has 0 atom stereocenters. The fraction of sp³-hybridized carbons (Fsp3) is 0.125. The summed E-state index contributed by atoms with van der Waals surface area (Å²) in [6.07, 6.45) is 6.32. The van der Waals surface area contributed by atoms with E-state index in [1.54, 1.807) is 6.07 Å². The van der Waals surface area contributed by atoms with E-state index in [4.69, 9.17) is 0 Å². The smallest absolute Gasteiger partial charge is 0.204 e. The third-order valence-corrected chi connectivity index (χ3v) is 5.08. The number of hydrogen-bond donors (Lipinski definition) is 0. The van der Waals surface area contributed by atoms with Gasteiger partial charge in [-0.3, -0.25) is 0 Å². The van der Waals surface area contributed by atoms with Gasteiger partial charge in [-0.05, 0) is 31.2 Å². The maximum absolute atomic E-state index is 14.2. The Morgan fingerprint density at radius 1 is 0.929 bits per heavy atom. The molecule has 4 rings (SSSR count). The van der Waals surface area contributed by atoms with Crippen molar-refractivity contribution in [3.8, 4) is 0 Å². The molecule has 4 aromatic rings. The van der Waals surface area contributed by atoms with Crippen LogP contribution in [-0.4, -0.2) is 4.57 Å². The second-order valence-electron chi connectivity index (χ2n) is 6.76. The van der Waals surface area contributed by atoms with Gasteiger partial charge in [-0.1, -0.05) is 36.4 Å². The van der Waals surface area contributed by atoms with Crippen LogP contribution < -0.4 is 28.5 Å². The molecule has 2 aromatic heterocycles. The second-order valence-corrected chi connectivity index (χ2v) is 6.76. The Labute approximate surface area is 182 Å². The number of hydrogen-bond acceptors (Lipinski definition) is 0. The zero-order chi connectivity index (χ0) is 18.8. The lowest BCUT2D eigenvalue weighted by molar-refractivity contribution is -0.673. The predicted octanol–water partition coefficient (Wildman–Crippen LogP) is 2.14. The Hall–Kier alpha value is -2.47. The number of benzene rings is 2. The van der Waals surface area contributed by atoms with Crippen molar-refractivity contribution in [2.75, 3.05) is 0 Å². The molecule has 0 radical (unpaired) electrons. The van der Waals surface area contributed by atoms with E-state index in [-0.39, 0.29) is 29.8 Å². The third kappa shape index (κ3) is 3.87. The van der Waals surface area contributed by atoms with E-state index in [1.165, 1.54) is 17.0 Å². The molecule has 0 N–H and O–H groups in total. The molecular weight excluding hydrogens is 462 g/mol. The first-order chi connectivity index (χ1) is 13.1. The van der Waals surface area contributed by atoms with Crippen LogP contribution in [0.25, 0.3) is 23.1 Å². The summed E-state index contributed by atoms with van der Waals surface area (Å²) in [6.45, 7) is 2.62. The van der Waals surface area contributed by atoms with E-state index in [2.05, 4.69) is 52.5 Å². The van der Waals surface area contributed by atoms with Gasteiger partial charge in [-0.2, -0.15) is 0 Å². The molecule has 0 fully saturated rings. The Balaban J connectivity index is 0.00000225. The molecule has 2 nitrogen and oxygen atoms in total. The fourth-order valence-corrected chi connectivity index (χ4v) is 3.55. The maximum atomic E-state index is 14.2. The lowest BCUT2D eigenvalue weighted by Crippen LogP contribution is -3.00. The molecule has 0 unspecified atom stereocenters. The molecule has 28 heavy (non-hydrogen) atoms. The van der Waals surface area contributed by atoms with Crippen LogP contribution in [-0.2, 0) is 13.6 Å². The molecule has 0 amide bonds.